The molecule has 0 aliphatic heterocycles. The van der Waals surface area contributed by atoms with Gasteiger partial charge in [0, 0.05) is 12.6 Å². The second kappa shape index (κ2) is 6.74. The quantitative estimate of drug-likeness (QED) is 0.617. The summed E-state index contributed by atoms with van der Waals surface area (Å²) in [6.45, 7) is 3.30. The van der Waals surface area contributed by atoms with Crippen LogP contribution >= 0.6 is 0 Å². The Morgan fingerprint density at radius 1 is 1.48 bits per heavy atom. The molecule has 21 heavy (non-hydrogen) atoms. The molecule has 0 aliphatic carbocycles. The average molecular weight is 297 g/mol. The lowest BCUT2D eigenvalue weighted by Gasteiger charge is -2.26. The van der Waals surface area contributed by atoms with Crippen LogP contribution in [0, 0.1) is 33.1 Å². The Balaban J connectivity index is 3.28. The van der Waals surface area contributed by atoms with Gasteiger partial charge in [0.05, 0.1) is 29.0 Å². The number of benzene rings is 1. The molecule has 0 spiro atoms. The smallest absolute Gasteiger partial charge is 0.308 e. The Labute approximate surface area is 119 Å². The predicted octanol–water partition coefficient (Wildman–Crippen LogP) is 2.64. The van der Waals surface area contributed by atoms with Gasteiger partial charge in [-0.1, -0.05) is 0 Å². The molecule has 6 nitrogen and oxygen atoms in total. The molecule has 0 unspecified atom stereocenters. The van der Waals surface area contributed by atoms with Crippen LogP contribution in [0.1, 0.15) is 30.6 Å². The highest BCUT2D eigenvalue weighted by Gasteiger charge is 2.28. The molecular weight excluding hydrogens is 284 g/mol. The molecular formula is C13H13F2N3O3. The number of rotatable bonds is 5. The normalized spacial score (nSPS) is 10.3. The minimum absolute atomic E-state index is 0.0168. The SMILES string of the molecule is CC(C)N(CCC#N)C(=O)c1cc(F)cc([N+](=O)[O-])c1F. The van der Waals surface area contributed by atoms with E-state index >= 15 is 0 Å². The molecule has 0 radical (unpaired) electrons. The number of nitro groups is 1. The first-order chi connectivity index (χ1) is 9.79. The minimum Gasteiger partial charge on any atom is -0.335 e. The number of nitriles is 1. The van der Waals surface area contributed by atoms with Gasteiger partial charge in [-0.2, -0.15) is 9.65 Å². The maximum Gasteiger partial charge on any atom is 0.308 e. The van der Waals surface area contributed by atoms with Crippen LogP contribution in [-0.4, -0.2) is 28.3 Å². The monoisotopic (exact) mass is 297 g/mol. The second-order valence-corrected chi connectivity index (χ2v) is 4.54. The molecule has 1 amide bonds. The zero-order valence-electron chi connectivity index (χ0n) is 11.5. The van der Waals surface area contributed by atoms with Crippen molar-refractivity contribution >= 4 is 11.6 Å². The number of carbonyl (C=O) groups excluding carboxylic acids is 1. The molecule has 0 atom stereocenters. The first kappa shape index (κ1) is 16.5. The first-order valence-corrected chi connectivity index (χ1v) is 6.11. The third-order valence-corrected chi connectivity index (χ3v) is 2.79. The Morgan fingerprint density at radius 3 is 2.57 bits per heavy atom. The van der Waals surface area contributed by atoms with Crippen molar-refractivity contribution in [2.45, 2.75) is 26.3 Å². The van der Waals surface area contributed by atoms with Crippen LogP contribution in [0.4, 0.5) is 14.5 Å². The molecule has 8 heteroatoms. The maximum atomic E-state index is 14.0. The largest absolute Gasteiger partial charge is 0.335 e. The Bertz CT molecular complexity index is 611. The van der Waals surface area contributed by atoms with Gasteiger partial charge in [-0.15, -0.1) is 0 Å². The highest BCUT2D eigenvalue weighted by molar-refractivity contribution is 5.95. The van der Waals surface area contributed by atoms with Crippen LogP contribution in [0.15, 0.2) is 12.1 Å². The Kier molecular flexibility index (Phi) is 5.30. The molecule has 0 aromatic heterocycles. The van der Waals surface area contributed by atoms with Crippen LogP contribution in [-0.2, 0) is 0 Å². The lowest BCUT2D eigenvalue weighted by Crippen LogP contribution is -2.38. The Morgan fingerprint density at radius 2 is 2.10 bits per heavy atom. The van der Waals surface area contributed by atoms with Crippen molar-refractivity contribution < 1.29 is 18.5 Å². The highest BCUT2D eigenvalue weighted by Crippen LogP contribution is 2.24. The Hall–Kier alpha value is -2.56. The third-order valence-electron chi connectivity index (χ3n) is 2.79. The van der Waals surface area contributed by atoms with E-state index in [1.165, 1.54) is 0 Å². The summed E-state index contributed by atoms with van der Waals surface area (Å²) in [7, 11) is 0. The lowest BCUT2D eigenvalue weighted by atomic mass is 10.1. The summed E-state index contributed by atoms with van der Waals surface area (Å²) in [6.07, 6.45) is 0.0168. The standard InChI is InChI=1S/C13H13F2N3O3/c1-8(2)17(5-3-4-16)13(19)10-6-9(14)7-11(12(10)15)18(20)21/h6-8H,3,5H2,1-2H3. The van der Waals surface area contributed by atoms with Crippen LogP contribution in [0.2, 0.25) is 0 Å². The fourth-order valence-corrected chi connectivity index (χ4v) is 1.78. The molecule has 1 aromatic carbocycles. The van der Waals surface area contributed by atoms with Gasteiger partial charge in [0.1, 0.15) is 5.82 Å². The summed E-state index contributed by atoms with van der Waals surface area (Å²) < 4.78 is 27.3. The molecule has 0 bridgehead atoms. The number of hydrogen-bond donors (Lipinski definition) is 0. The number of nitro benzene ring substituents is 1. The summed E-state index contributed by atoms with van der Waals surface area (Å²) in [6, 6.07) is 2.51. The summed E-state index contributed by atoms with van der Waals surface area (Å²) >= 11 is 0. The molecule has 0 saturated heterocycles. The highest BCUT2D eigenvalue weighted by atomic mass is 19.1. The van der Waals surface area contributed by atoms with E-state index in [1.807, 2.05) is 6.07 Å². The van der Waals surface area contributed by atoms with Crippen molar-refractivity contribution in [3.05, 3.63) is 39.4 Å². The van der Waals surface area contributed by atoms with Gasteiger partial charge in [-0.25, -0.2) is 4.39 Å². The third kappa shape index (κ3) is 3.72. The van der Waals surface area contributed by atoms with E-state index in [9.17, 15) is 23.7 Å². The zero-order chi connectivity index (χ0) is 16.2. The minimum atomic E-state index is -1.38. The van der Waals surface area contributed by atoms with Gasteiger partial charge in [0.2, 0.25) is 5.82 Å². The van der Waals surface area contributed by atoms with E-state index in [1.54, 1.807) is 13.8 Å². The van der Waals surface area contributed by atoms with Crippen LogP contribution in [0.3, 0.4) is 0 Å². The number of nitrogens with zero attached hydrogens (tertiary/aromatic N) is 3. The van der Waals surface area contributed by atoms with Crippen molar-refractivity contribution in [2.24, 2.45) is 0 Å². The summed E-state index contributed by atoms with van der Waals surface area (Å²) in [5.41, 5.74) is -1.81. The first-order valence-electron chi connectivity index (χ1n) is 6.11. The number of carbonyl (C=O) groups is 1. The number of hydrogen-bond acceptors (Lipinski definition) is 4. The molecule has 0 aliphatic rings. The fourth-order valence-electron chi connectivity index (χ4n) is 1.78. The van der Waals surface area contributed by atoms with E-state index in [-0.39, 0.29) is 19.0 Å². The van der Waals surface area contributed by atoms with Crippen LogP contribution in [0.25, 0.3) is 0 Å². The van der Waals surface area contributed by atoms with Crippen molar-refractivity contribution in [3.63, 3.8) is 0 Å². The number of amides is 1. The van der Waals surface area contributed by atoms with Crippen molar-refractivity contribution in [1.82, 2.24) is 4.90 Å². The summed E-state index contributed by atoms with van der Waals surface area (Å²) in [5, 5.41) is 19.2. The van der Waals surface area contributed by atoms with Gasteiger partial charge in [0.25, 0.3) is 5.91 Å². The lowest BCUT2D eigenvalue weighted by molar-refractivity contribution is -0.387. The van der Waals surface area contributed by atoms with Crippen molar-refractivity contribution in [2.75, 3.05) is 6.54 Å². The average Bonchev–Trinajstić information content (AvgIpc) is 2.40. The van der Waals surface area contributed by atoms with E-state index in [0.29, 0.717) is 12.1 Å². The van der Waals surface area contributed by atoms with E-state index in [4.69, 9.17) is 5.26 Å². The fraction of sp³-hybridized carbons (Fsp3) is 0.385. The molecule has 0 saturated carbocycles. The maximum absolute atomic E-state index is 14.0. The molecule has 0 N–H and O–H groups in total. The van der Waals surface area contributed by atoms with Crippen LogP contribution in [0.5, 0.6) is 0 Å². The van der Waals surface area contributed by atoms with Gasteiger partial charge in [-0.3, -0.25) is 14.9 Å². The van der Waals surface area contributed by atoms with Crippen molar-refractivity contribution in [1.29, 1.82) is 5.26 Å². The molecule has 0 fully saturated rings. The summed E-state index contributed by atoms with van der Waals surface area (Å²) in [4.78, 5) is 22.9. The van der Waals surface area contributed by atoms with Crippen LogP contribution < -0.4 is 0 Å². The van der Waals surface area contributed by atoms with Crippen molar-refractivity contribution in [3.8, 4) is 6.07 Å². The molecule has 1 rings (SSSR count). The van der Waals surface area contributed by atoms with Gasteiger partial charge < -0.3 is 4.90 Å². The van der Waals surface area contributed by atoms with E-state index < -0.39 is 33.7 Å². The van der Waals surface area contributed by atoms with E-state index in [0.717, 1.165) is 4.90 Å². The predicted molar refractivity (Wildman–Crippen MR) is 69.4 cm³/mol. The zero-order valence-corrected chi connectivity index (χ0v) is 11.5. The van der Waals surface area contributed by atoms with Gasteiger partial charge in [0.15, 0.2) is 0 Å². The van der Waals surface area contributed by atoms with Gasteiger partial charge in [-0.05, 0) is 19.9 Å². The molecule has 0 heterocycles. The summed E-state index contributed by atoms with van der Waals surface area (Å²) in [5.74, 6) is -3.34. The number of halogens is 2. The van der Waals surface area contributed by atoms with E-state index in [2.05, 4.69) is 0 Å². The second-order valence-electron chi connectivity index (χ2n) is 4.54. The van der Waals surface area contributed by atoms with Gasteiger partial charge >= 0.3 is 5.69 Å². The molecule has 112 valence electrons. The molecule has 1 aromatic rings. The topological polar surface area (TPSA) is 87.2 Å².